The van der Waals surface area contributed by atoms with Gasteiger partial charge in [0.15, 0.2) is 0 Å². The molecule has 8 heteroatoms. The van der Waals surface area contributed by atoms with E-state index in [9.17, 15) is 18.3 Å². The van der Waals surface area contributed by atoms with Crippen molar-refractivity contribution in [2.24, 2.45) is 5.92 Å². The summed E-state index contributed by atoms with van der Waals surface area (Å²) in [4.78, 5) is 10.6. The van der Waals surface area contributed by atoms with Gasteiger partial charge in [-0.25, -0.2) is 13.1 Å². The van der Waals surface area contributed by atoms with Crippen LogP contribution in [0.15, 0.2) is 47.4 Å². The molecule has 1 saturated carbocycles. The van der Waals surface area contributed by atoms with Crippen LogP contribution in [0.1, 0.15) is 32.1 Å². The van der Waals surface area contributed by atoms with Crippen molar-refractivity contribution in [1.82, 2.24) is 4.72 Å². The SMILES string of the molecule is O=C([O-])CCC/C=C\C[C@H]1C2OC2C[C@@H]1NS(=O)(=O)c1ccccc1.[Na+]. The fraction of sp³-hybridized carbons (Fsp3) is 0.500. The van der Waals surface area contributed by atoms with Gasteiger partial charge in [0.2, 0.25) is 10.0 Å². The molecule has 2 unspecified atom stereocenters. The van der Waals surface area contributed by atoms with E-state index in [4.69, 9.17) is 4.74 Å². The molecule has 136 valence electrons. The number of carboxylic acid groups (broad SMARTS) is 1. The van der Waals surface area contributed by atoms with Crippen LogP contribution in [0.4, 0.5) is 0 Å². The average Bonchev–Trinajstić information content (AvgIpc) is 3.25. The molecular formula is C18H22NNaO5S. The Balaban J connectivity index is 0.00000243. The summed E-state index contributed by atoms with van der Waals surface area (Å²) in [5, 5.41) is 10.4. The average molecular weight is 387 g/mol. The zero-order valence-electron chi connectivity index (χ0n) is 14.8. The Hall–Kier alpha value is -0.700. The number of epoxide rings is 1. The molecule has 4 atom stereocenters. The summed E-state index contributed by atoms with van der Waals surface area (Å²) in [6.45, 7) is 0. The molecule has 0 bridgehead atoms. The summed E-state index contributed by atoms with van der Waals surface area (Å²) in [5.41, 5.74) is 0. The Kier molecular flexibility index (Phi) is 7.88. The number of nitrogens with one attached hydrogen (secondary N) is 1. The molecule has 2 fully saturated rings. The van der Waals surface area contributed by atoms with Crippen molar-refractivity contribution in [2.75, 3.05) is 0 Å². The second-order valence-electron chi connectivity index (χ2n) is 6.55. The first-order chi connectivity index (χ1) is 12.0. The van der Waals surface area contributed by atoms with Crippen LogP contribution in [-0.4, -0.2) is 32.6 Å². The summed E-state index contributed by atoms with van der Waals surface area (Å²) < 4.78 is 33.4. The summed E-state index contributed by atoms with van der Waals surface area (Å²) in [6.07, 6.45) is 6.91. The third kappa shape index (κ3) is 5.65. The van der Waals surface area contributed by atoms with E-state index in [1.807, 2.05) is 12.2 Å². The number of aliphatic carboxylic acids is 1. The zero-order chi connectivity index (χ0) is 17.9. The van der Waals surface area contributed by atoms with Crippen LogP contribution in [0, 0.1) is 5.92 Å². The van der Waals surface area contributed by atoms with E-state index in [-0.39, 0.29) is 65.0 Å². The van der Waals surface area contributed by atoms with Crippen LogP contribution < -0.4 is 39.4 Å². The quantitative estimate of drug-likeness (QED) is 0.229. The number of fused-ring (bicyclic) bond motifs is 1. The van der Waals surface area contributed by atoms with Gasteiger partial charge >= 0.3 is 29.6 Å². The number of hydrogen-bond acceptors (Lipinski definition) is 5. The molecule has 0 aromatic heterocycles. The predicted molar refractivity (Wildman–Crippen MR) is 89.9 cm³/mol. The Morgan fingerprint density at radius 3 is 2.69 bits per heavy atom. The van der Waals surface area contributed by atoms with Crippen molar-refractivity contribution in [3.63, 3.8) is 0 Å². The second kappa shape index (κ2) is 9.48. The van der Waals surface area contributed by atoms with Gasteiger partial charge in [0.1, 0.15) is 0 Å². The smallest absolute Gasteiger partial charge is 0.550 e. The van der Waals surface area contributed by atoms with E-state index < -0.39 is 16.0 Å². The molecule has 0 amide bonds. The molecule has 0 spiro atoms. The number of benzene rings is 1. The van der Waals surface area contributed by atoms with E-state index in [1.165, 1.54) is 0 Å². The number of allylic oxidation sites excluding steroid dienone is 2. The Morgan fingerprint density at radius 2 is 2.00 bits per heavy atom. The monoisotopic (exact) mass is 387 g/mol. The van der Waals surface area contributed by atoms with Gasteiger partial charge in [0, 0.05) is 17.9 Å². The molecule has 1 aliphatic heterocycles. The van der Waals surface area contributed by atoms with Crippen LogP contribution in [0.25, 0.3) is 0 Å². The van der Waals surface area contributed by atoms with Crippen LogP contribution in [0.2, 0.25) is 0 Å². The van der Waals surface area contributed by atoms with Crippen molar-refractivity contribution in [1.29, 1.82) is 0 Å². The summed E-state index contributed by atoms with van der Waals surface area (Å²) in [6, 6.07) is 8.22. The molecular weight excluding hydrogens is 365 g/mol. The molecule has 2 aliphatic rings. The molecule has 0 radical (unpaired) electrons. The number of ether oxygens (including phenoxy) is 1. The van der Waals surface area contributed by atoms with Crippen LogP contribution >= 0.6 is 0 Å². The summed E-state index contributed by atoms with van der Waals surface area (Å²) >= 11 is 0. The summed E-state index contributed by atoms with van der Waals surface area (Å²) in [5.74, 6) is -0.922. The Morgan fingerprint density at radius 1 is 1.27 bits per heavy atom. The Labute approximate surface area is 176 Å². The van der Waals surface area contributed by atoms with Gasteiger partial charge in [0.05, 0.1) is 17.1 Å². The number of carboxylic acids is 1. The molecule has 3 rings (SSSR count). The van der Waals surface area contributed by atoms with Crippen molar-refractivity contribution in [3.05, 3.63) is 42.5 Å². The minimum Gasteiger partial charge on any atom is -0.550 e. The van der Waals surface area contributed by atoms with E-state index in [0.29, 0.717) is 25.7 Å². The van der Waals surface area contributed by atoms with E-state index in [2.05, 4.69) is 4.72 Å². The second-order valence-corrected chi connectivity index (χ2v) is 8.26. The molecule has 1 heterocycles. The van der Waals surface area contributed by atoms with Crippen molar-refractivity contribution in [2.45, 2.75) is 55.2 Å². The number of hydrogen-bond donors (Lipinski definition) is 1. The fourth-order valence-corrected chi connectivity index (χ4v) is 4.73. The Bertz CT molecular complexity index is 737. The van der Waals surface area contributed by atoms with Crippen molar-refractivity contribution in [3.8, 4) is 0 Å². The van der Waals surface area contributed by atoms with Gasteiger partial charge in [-0.2, -0.15) is 0 Å². The molecule has 6 nitrogen and oxygen atoms in total. The van der Waals surface area contributed by atoms with E-state index in [1.54, 1.807) is 30.3 Å². The van der Waals surface area contributed by atoms with Gasteiger partial charge in [-0.1, -0.05) is 30.4 Å². The van der Waals surface area contributed by atoms with E-state index >= 15 is 0 Å². The number of carbonyl (C=O) groups excluding carboxylic acids is 1. The topological polar surface area (TPSA) is 98.8 Å². The molecule has 1 aliphatic carbocycles. The maximum atomic E-state index is 12.5. The molecule has 1 aromatic rings. The van der Waals surface area contributed by atoms with Gasteiger partial charge in [0.25, 0.3) is 0 Å². The third-order valence-electron chi connectivity index (χ3n) is 4.73. The van der Waals surface area contributed by atoms with Crippen LogP contribution in [-0.2, 0) is 19.6 Å². The van der Waals surface area contributed by atoms with Crippen LogP contribution in [0.5, 0.6) is 0 Å². The van der Waals surface area contributed by atoms with Crippen LogP contribution in [0.3, 0.4) is 0 Å². The maximum Gasteiger partial charge on any atom is 1.00 e. The minimum atomic E-state index is -3.53. The molecule has 1 saturated heterocycles. The van der Waals surface area contributed by atoms with Crippen molar-refractivity contribution < 1.29 is 52.6 Å². The zero-order valence-corrected chi connectivity index (χ0v) is 17.7. The first-order valence-corrected chi connectivity index (χ1v) is 10.0. The van der Waals surface area contributed by atoms with Gasteiger partial charge in [-0.05, 0) is 44.2 Å². The van der Waals surface area contributed by atoms with Gasteiger partial charge in [-0.3, -0.25) is 0 Å². The number of unbranched alkanes of at least 4 members (excludes halogenated alkanes) is 1. The number of rotatable bonds is 9. The third-order valence-corrected chi connectivity index (χ3v) is 6.24. The normalized spacial score (nSPS) is 27.1. The molecule has 26 heavy (non-hydrogen) atoms. The number of sulfonamides is 1. The fourth-order valence-electron chi connectivity index (χ4n) is 3.41. The van der Waals surface area contributed by atoms with E-state index in [0.717, 1.165) is 0 Å². The standard InChI is InChI=1S/C18H23NO5S.Na/c20-17(21)11-7-2-1-6-10-14-15(12-16-18(14)24-16)19-25(22,23)13-8-4-3-5-9-13;/h1,3-6,8-9,14-16,18-19H,2,7,10-12H2,(H,20,21);/q;+1/p-1/b6-1-;/t14-,15+,16?,18?;/m1./s1. The summed E-state index contributed by atoms with van der Waals surface area (Å²) in [7, 11) is -3.53. The first kappa shape index (κ1) is 21.6. The minimum absolute atomic E-state index is 0. The molecule has 1 aromatic carbocycles. The maximum absolute atomic E-state index is 12.5. The largest absolute Gasteiger partial charge is 1.00 e. The van der Waals surface area contributed by atoms with Gasteiger partial charge < -0.3 is 14.6 Å². The predicted octanol–water partition coefficient (Wildman–Crippen LogP) is -2.01. The van der Waals surface area contributed by atoms with Gasteiger partial charge in [-0.15, -0.1) is 0 Å². The number of carbonyl (C=O) groups is 1. The molecule has 1 N–H and O–H groups in total. The first-order valence-electron chi connectivity index (χ1n) is 8.55. The van der Waals surface area contributed by atoms with Crippen molar-refractivity contribution >= 4 is 16.0 Å².